The van der Waals surface area contributed by atoms with Crippen molar-refractivity contribution in [1.29, 1.82) is 0 Å². The Morgan fingerprint density at radius 1 is 1.56 bits per heavy atom. The van der Waals surface area contributed by atoms with Crippen LogP contribution in [-0.4, -0.2) is 30.5 Å². The molecule has 0 aliphatic heterocycles. The highest BCUT2D eigenvalue weighted by molar-refractivity contribution is 7.10. The molecule has 1 atom stereocenters. The summed E-state index contributed by atoms with van der Waals surface area (Å²) in [4.78, 5) is 16.1. The van der Waals surface area contributed by atoms with E-state index in [4.69, 9.17) is 0 Å². The number of rotatable bonds is 5. The Morgan fingerprint density at radius 3 is 2.78 bits per heavy atom. The zero-order valence-corrected chi connectivity index (χ0v) is 12.9. The second kappa shape index (κ2) is 7.94. The summed E-state index contributed by atoms with van der Waals surface area (Å²) in [7, 11) is 1.88. The monoisotopic (exact) mass is 311 g/mol. The topological polar surface area (TPSA) is 54.0 Å². The Labute approximate surface area is 124 Å². The maximum atomic E-state index is 11.7. The summed E-state index contributed by atoms with van der Waals surface area (Å²) >= 11 is 1.60. The standard InChI is InChI=1S/C11H17N3OS.2ClH/c1-7(12-2)5-13-10(15)9-6-16-11(14-9)8-3-4-8;;/h6-8,12H,3-5H2,1-2H3,(H,13,15);2*1H. The molecule has 18 heavy (non-hydrogen) atoms. The molecule has 0 spiro atoms. The van der Waals surface area contributed by atoms with Gasteiger partial charge in [-0.1, -0.05) is 0 Å². The van der Waals surface area contributed by atoms with Gasteiger partial charge < -0.3 is 10.6 Å². The number of halogens is 2. The number of likely N-dealkylation sites (N-methyl/N-ethyl adjacent to an activating group) is 1. The van der Waals surface area contributed by atoms with E-state index in [1.54, 1.807) is 11.3 Å². The smallest absolute Gasteiger partial charge is 0.270 e. The second-order valence-corrected chi connectivity index (χ2v) is 5.13. The summed E-state index contributed by atoms with van der Waals surface area (Å²) in [5.41, 5.74) is 0.565. The molecular weight excluding hydrogens is 293 g/mol. The van der Waals surface area contributed by atoms with Crippen LogP contribution in [0.15, 0.2) is 5.38 Å². The van der Waals surface area contributed by atoms with Crippen LogP contribution in [0.5, 0.6) is 0 Å². The molecule has 0 saturated heterocycles. The molecule has 1 aromatic heterocycles. The van der Waals surface area contributed by atoms with Gasteiger partial charge in [-0.05, 0) is 26.8 Å². The number of nitrogens with zero attached hydrogens (tertiary/aromatic N) is 1. The summed E-state index contributed by atoms with van der Waals surface area (Å²) in [5, 5.41) is 8.91. The van der Waals surface area contributed by atoms with Crippen LogP contribution < -0.4 is 10.6 Å². The average Bonchev–Trinajstić information content (AvgIpc) is 3.03. The van der Waals surface area contributed by atoms with Gasteiger partial charge in [0.2, 0.25) is 0 Å². The second-order valence-electron chi connectivity index (χ2n) is 4.25. The van der Waals surface area contributed by atoms with Gasteiger partial charge in [-0.2, -0.15) is 0 Å². The van der Waals surface area contributed by atoms with Gasteiger partial charge in [0.05, 0.1) is 5.01 Å². The van der Waals surface area contributed by atoms with E-state index < -0.39 is 0 Å². The first kappa shape index (κ1) is 17.6. The lowest BCUT2D eigenvalue weighted by Crippen LogP contribution is -2.37. The fraction of sp³-hybridized carbons (Fsp3) is 0.636. The molecule has 1 fully saturated rings. The van der Waals surface area contributed by atoms with E-state index in [1.807, 2.05) is 19.4 Å². The molecule has 2 rings (SSSR count). The molecule has 1 saturated carbocycles. The normalized spacial score (nSPS) is 15.2. The summed E-state index contributed by atoms with van der Waals surface area (Å²) < 4.78 is 0. The average molecular weight is 312 g/mol. The number of hydrogen-bond donors (Lipinski definition) is 2. The van der Waals surface area contributed by atoms with Gasteiger partial charge >= 0.3 is 0 Å². The quantitative estimate of drug-likeness (QED) is 0.876. The Bertz CT molecular complexity index is 382. The summed E-state index contributed by atoms with van der Waals surface area (Å²) in [6, 6.07) is 0.283. The minimum Gasteiger partial charge on any atom is -0.349 e. The highest BCUT2D eigenvalue weighted by Crippen LogP contribution is 2.41. The first-order valence-corrected chi connectivity index (χ1v) is 6.49. The van der Waals surface area contributed by atoms with Crippen molar-refractivity contribution >= 4 is 42.1 Å². The van der Waals surface area contributed by atoms with Crippen LogP contribution in [0.25, 0.3) is 0 Å². The lowest BCUT2D eigenvalue weighted by molar-refractivity contribution is 0.0946. The molecule has 7 heteroatoms. The Kier molecular flexibility index (Phi) is 7.78. The number of aromatic nitrogens is 1. The van der Waals surface area contributed by atoms with Crippen LogP contribution >= 0.6 is 36.2 Å². The van der Waals surface area contributed by atoms with Gasteiger partial charge in [-0.15, -0.1) is 36.2 Å². The number of hydrogen-bond acceptors (Lipinski definition) is 4. The van der Waals surface area contributed by atoms with Gasteiger partial charge in [-0.25, -0.2) is 4.98 Å². The van der Waals surface area contributed by atoms with Gasteiger partial charge in [-0.3, -0.25) is 4.79 Å². The Balaban J connectivity index is 0.00000144. The lowest BCUT2D eigenvalue weighted by atomic mass is 10.3. The summed E-state index contributed by atoms with van der Waals surface area (Å²) in [6.07, 6.45) is 2.46. The molecule has 1 heterocycles. The van der Waals surface area contributed by atoms with Crippen molar-refractivity contribution in [2.45, 2.75) is 31.7 Å². The molecule has 1 aliphatic carbocycles. The van der Waals surface area contributed by atoms with Crippen molar-refractivity contribution in [3.8, 4) is 0 Å². The van der Waals surface area contributed by atoms with Crippen molar-refractivity contribution in [3.63, 3.8) is 0 Å². The van der Waals surface area contributed by atoms with Crippen LogP contribution in [0.1, 0.15) is 41.2 Å². The van der Waals surface area contributed by atoms with Gasteiger partial charge in [0.25, 0.3) is 5.91 Å². The minimum absolute atomic E-state index is 0. The lowest BCUT2D eigenvalue weighted by Gasteiger charge is -2.10. The highest BCUT2D eigenvalue weighted by atomic mass is 35.5. The third-order valence-electron chi connectivity index (χ3n) is 2.74. The van der Waals surface area contributed by atoms with Crippen LogP contribution in [0.2, 0.25) is 0 Å². The highest BCUT2D eigenvalue weighted by Gasteiger charge is 2.27. The van der Waals surface area contributed by atoms with E-state index in [2.05, 4.69) is 15.6 Å². The fourth-order valence-electron chi connectivity index (χ4n) is 1.35. The molecule has 0 aromatic carbocycles. The zero-order chi connectivity index (χ0) is 11.5. The van der Waals surface area contributed by atoms with E-state index in [0.717, 1.165) is 5.01 Å². The van der Waals surface area contributed by atoms with Gasteiger partial charge in [0.15, 0.2) is 0 Å². The molecule has 104 valence electrons. The maximum absolute atomic E-state index is 11.7. The molecule has 1 aromatic rings. The maximum Gasteiger partial charge on any atom is 0.270 e. The number of nitrogens with one attached hydrogen (secondary N) is 2. The molecule has 0 bridgehead atoms. The van der Waals surface area contributed by atoms with Crippen molar-refractivity contribution in [2.24, 2.45) is 0 Å². The van der Waals surface area contributed by atoms with Crippen molar-refractivity contribution < 1.29 is 4.79 Å². The summed E-state index contributed by atoms with van der Waals surface area (Å²) in [6.45, 7) is 2.66. The molecule has 0 radical (unpaired) electrons. The Morgan fingerprint density at radius 2 is 2.22 bits per heavy atom. The van der Waals surface area contributed by atoms with E-state index in [0.29, 0.717) is 18.2 Å². The van der Waals surface area contributed by atoms with Crippen molar-refractivity contribution in [3.05, 3.63) is 16.1 Å². The molecular formula is C11H19Cl2N3OS. The SMILES string of the molecule is CNC(C)CNC(=O)c1csc(C2CC2)n1.Cl.Cl. The molecule has 4 nitrogen and oxygen atoms in total. The molecule has 1 aliphatic rings. The molecule has 1 amide bonds. The van der Waals surface area contributed by atoms with Crippen molar-refractivity contribution in [2.75, 3.05) is 13.6 Å². The van der Waals surface area contributed by atoms with Crippen LogP contribution in [0.4, 0.5) is 0 Å². The largest absolute Gasteiger partial charge is 0.349 e. The Hall–Kier alpha value is -0.360. The van der Waals surface area contributed by atoms with Gasteiger partial charge in [0.1, 0.15) is 5.69 Å². The van der Waals surface area contributed by atoms with Crippen molar-refractivity contribution in [1.82, 2.24) is 15.6 Å². The fourth-order valence-corrected chi connectivity index (χ4v) is 2.32. The van der Waals surface area contributed by atoms with Gasteiger partial charge in [0, 0.05) is 23.9 Å². The molecule has 1 unspecified atom stereocenters. The number of thiazole rings is 1. The number of carbonyl (C=O) groups is 1. The molecule has 2 N–H and O–H groups in total. The predicted molar refractivity (Wildman–Crippen MR) is 79.4 cm³/mol. The van der Waals surface area contributed by atoms with Crippen LogP contribution in [0, 0.1) is 0 Å². The third kappa shape index (κ3) is 4.72. The van der Waals surface area contributed by atoms with Crippen LogP contribution in [-0.2, 0) is 0 Å². The number of amides is 1. The van der Waals surface area contributed by atoms with E-state index in [1.165, 1.54) is 12.8 Å². The number of carbonyl (C=O) groups excluding carboxylic acids is 1. The predicted octanol–water partition coefficient (Wildman–Crippen LogP) is 2.20. The minimum atomic E-state index is -0.0646. The van der Waals surface area contributed by atoms with Crippen LogP contribution in [0.3, 0.4) is 0 Å². The zero-order valence-electron chi connectivity index (χ0n) is 10.4. The summed E-state index contributed by atoms with van der Waals surface area (Å²) in [5.74, 6) is 0.563. The van der Waals surface area contributed by atoms with E-state index in [-0.39, 0.29) is 36.8 Å². The van der Waals surface area contributed by atoms with E-state index in [9.17, 15) is 4.79 Å². The first-order valence-electron chi connectivity index (χ1n) is 5.61. The first-order chi connectivity index (χ1) is 7.70. The third-order valence-corrected chi connectivity index (χ3v) is 3.75. The van der Waals surface area contributed by atoms with E-state index >= 15 is 0 Å².